The molecular weight excluding hydrogens is 282 g/mol. The SMILES string of the molecule is CCc1cc2c(NC(C)C)nc(N3CCNCC3)nc2s1. The van der Waals surface area contributed by atoms with Crippen LogP contribution in [0.5, 0.6) is 0 Å². The molecular formula is C15H23N5S. The van der Waals surface area contributed by atoms with Gasteiger partial charge in [-0.2, -0.15) is 4.98 Å². The Kier molecular flexibility index (Phi) is 4.26. The molecule has 0 bridgehead atoms. The van der Waals surface area contributed by atoms with Crippen LogP contribution in [0, 0.1) is 0 Å². The molecule has 0 aliphatic carbocycles. The normalized spacial score (nSPS) is 15.9. The Morgan fingerprint density at radius 2 is 2.10 bits per heavy atom. The van der Waals surface area contributed by atoms with Gasteiger partial charge in [-0.1, -0.05) is 6.92 Å². The lowest BCUT2D eigenvalue weighted by Crippen LogP contribution is -2.44. The quantitative estimate of drug-likeness (QED) is 0.909. The summed E-state index contributed by atoms with van der Waals surface area (Å²) in [6.07, 6.45) is 1.05. The number of nitrogens with one attached hydrogen (secondary N) is 2. The van der Waals surface area contributed by atoms with Gasteiger partial charge in [-0.15, -0.1) is 11.3 Å². The van der Waals surface area contributed by atoms with Gasteiger partial charge >= 0.3 is 0 Å². The van der Waals surface area contributed by atoms with Crippen LogP contribution in [0.25, 0.3) is 10.2 Å². The Morgan fingerprint density at radius 3 is 2.76 bits per heavy atom. The molecule has 0 unspecified atom stereocenters. The van der Waals surface area contributed by atoms with E-state index in [9.17, 15) is 0 Å². The molecule has 3 rings (SSSR count). The highest BCUT2D eigenvalue weighted by molar-refractivity contribution is 7.18. The topological polar surface area (TPSA) is 53.1 Å². The second-order valence-electron chi connectivity index (χ2n) is 5.69. The second-order valence-corrected chi connectivity index (χ2v) is 6.81. The summed E-state index contributed by atoms with van der Waals surface area (Å²) in [5.41, 5.74) is 0. The highest BCUT2D eigenvalue weighted by Gasteiger charge is 2.17. The van der Waals surface area contributed by atoms with Crippen molar-refractivity contribution in [3.63, 3.8) is 0 Å². The lowest BCUT2D eigenvalue weighted by Gasteiger charge is -2.27. The van der Waals surface area contributed by atoms with E-state index in [0.717, 1.165) is 54.6 Å². The minimum atomic E-state index is 0.365. The van der Waals surface area contributed by atoms with Crippen molar-refractivity contribution in [1.82, 2.24) is 15.3 Å². The van der Waals surface area contributed by atoms with Crippen LogP contribution in [0.1, 0.15) is 25.6 Å². The van der Waals surface area contributed by atoms with Crippen LogP contribution in [0.2, 0.25) is 0 Å². The Hall–Kier alpha value is -1.40. The van der Waals surface area contributed by atoms with Crippen LogP contribution in [0.15, 0.2) is 6.07 Å². The van der Waals surface area contributed by atoms with E-state index in [2.05, 4.69) is 42.4 Å². The molecule has 1 fully saturated rings. The maximum atomic E-state index is 4.80. The van der Waals surface area contributed by atoms with Crippen molar-refractivity contribution in [1.29, 1.82) is 0 Å². The van der Waals surface area contributed by atoms with Gasteiger partial charge in [-0.3, -0.25) is 0 Å². The molecule has 0 aromatic carbocycles. The zero-order valence-corrected chi connectivity index (χ0v) is 13.8. The molecule has 6 heteroatoms. The molecule has 1 aliphatic heterocycles. The van der Waals surface area contributed by atoms with E-state index in [1.807, 2.05) is 0 Å². The number of hydrogen-bond donors (Lipinski definition) is 2. The van der Waals surface area contributed by atoms with Gasteiger partial charge in [0.25, 0.3) is 0 Å². The van der Waals surface area contributed by atoms with Gasteiger partial charge < -0.3 is 15.5 Å². The first-order valence-electron chi connectivity index (χ1n) is 7.70. The lowest BCUT2D eigenvalue weighted by atomic mass is 10.3. The number of thiophene rings is 1. The Balaban J connectivity index is 2.04. The van der Waals surface area contributed by atoms with Gasteiger partial charge in [0.05, 0.1) is 5.39 Å². The molecule has 0 atom stereocenters. The van der Waals surface area contributed by atoms with Crippen molar-refractivity contribution in [2.45, 2.75) is 33.2 Å². The molecule has 2 N–H and O–H groups in total. The predicted octanol–water partition coefficient (Wildman–Crippen LogP) is 2.48. The molecule has 21 heavy (non-hydrogen) atoms. The fourth-order valence-electron chi connectivity index (χ4n) is 2.52. The van der Waals surface area contributed by atoms with Crippen LogP contribution in [-0.4, -0.2) is 42.2 Å². The lowest BCUT2D eigenvalue weighted by molar-refractivity contribution is 0.581. The second kappa shape index (κ2) is 6.15. The summed E-state index contributed by atoms with van der Waals surface area (Å²) < 4.78 is 0. The van der Waals surface area contributed by atoms with Gasteiger partial charge in [-0.25, -0.2) is 4.98 Å². The first-order chi connectivity index (χ1) is 10.2. The van der Waals surface area contributed by atoms with Crippen LogP contribution in [0.3, 0.4) is 0 Å². The van der Waals surface area contributed by atoms with Crippen LogP contribution >= 0.6 is 11.3 Å². The Labute approximate surface area is 129 Å². The number of fused-ring (bicyclic) bond motifs is 1. The predicted molar refractivity (Wildman–Crippen MR) is 90.6 cm³/mol. The number of aryl methyl sites for hydroxylation is 1. The number of nitrogens with zero attached hydrogens (tertiary/aromatic N) is 3. The van der Waals surface area contributed by atoms with E-state index in [4.69, 9.17) is 9.97 Å². The minimum Gasteiger partial charge on any atom is -0.367 e. The fraction of sp³-hybridized carbons (Fsp3) is 0.600. The highest BCUT2D eigenvalue weighted by atomic mass is 32.1. The molecule has 2 aromatic heterocycles. The van der Waals surface area contributed by atoms with Crippen molar-refractivity contribution >= 4 is 33.3 Å². The van der Waals surface area contributed by atoms with E-state index in [1.165, 1.54) is 4.88 Å². The molecule has 5 nitrogen and oxygen atoms in total. The van der Waals surface area contributed by atoms with Crippen molar-refractivity contribution in [2.24, 2.45) is 0 Å². The molecule has 3 heterocycles. The van der Waals surface area contributed by atoms with Gasteiger partial charge in [0.1, 0.15) is 10.6 Å². The number of rotatable bonds is 4. The first kappa shape index (κ1) is 14.5. The molecule has 0 amide bonds. The van der Waals surface area contributed by atoms with Crippen molar-refractivity contribution in [2.75, 3.05) is 36.4 Å². The number of aromatic nitrogens is 2. The van der Waals surface area contributed by atoms with Crippen molar-refractivity contribution in [3.8, 4) is 0 Å². The number of hydrogen-bond acceptors (Lipinski definition) is 6. The average molecular weight is 305 g/mol. The van der Waals surface area contributed by atoms with Crippen molar-refractivity contribution < 1.29 is 0 Å². The summed E-state index contributed by atoms with van der Waals surface area (Å²) >= 11 is 1.78. The zero-order valence-electron chi connectivity index (χ0n) is 12.9. The Morgan fingerprint density at radius 1 is 1.33 bits per heavy atom. The molecule has 0 radical (unpaired) electrons. The minimum absolute atomic E-state index is 0.365. The summed E-state index contributed by atoms with van der Waals surface area (Å²) in [4.78, 5) is 14.3. The summed E-state index contributed by atoms with van der Waals surface area (Å²) in [6.45, 7) is 10.4. The van der Waals surface area contributed by atoms with Crippen molar-refractivity contribution in [3.05, 3.63) is 10.9 Å². The smallest absolute Gasteiger partial charge is 0.228 e. The number of anilines is 2. The standard InChI is InChI=1S/C15H23N5S/c1-4-11-9-12-13(17-10(2)3)18-15(19-14(12)21-11)20-7-5-16-6-8-20/h9-10,16H,4-8H2,1-3H3,(H,17,18,19). The largest absolute Gasteiger partial charge is 0.367 e. The van der Waals surface area contributed by atoms with Gasteiger partial charge in [-0.05, 0) is 26.3 Å². The average Bonchev–Trinajstić information content (AvgIpc) is 2.91. The van der Waals surface area contributed by atoms with E-state index in [1.54, 1.807) is 11.3 Å². The molecule has 0 spiro atoms. The molecule has 1 aliphatic rings. The molecule has 1 saturated heterocycles. The summed E-state index contributed by atoms with van der Waals surface area (Å²) in [5, 5.41) is 8.01. The van der Waals surface area contributed by atoms with Gasteiger partial charge in [0.15, 0.2) is 0 Å². The Bertz CT molecular complexity index is 616. The van der Waals surface area contributed by atoms with Gasteiger partial charge in [0, 0.05) is 37.1 Å². The van der Waals surface area contributed by atoms with E-state index < -0.39 is 0 Å². The van der Waals surface area contributed by atoms with Gasteiger partial charge in [0.2, 0.25) is 5.95 Å². The maximum Gasteiger partial charge on any atom is 0.228 e. The summed E-state index contributed by atoms with van der Waals surface area (Å²) in [7, 11) is 0. The van der Waals surface area contributed by atoms with Crippen LogP contribution < -0.4 is 15.5 Å². The maximum absolute atomic E-state index is 4.80. The van der Waals surface area contributed by atoms with E-state index in [0.29, 0.717) is 6.04 Å². The molecule has 2 aromatic rings. The first-order valence-corrected chi connectivity index (χ1v) is 8.51. The monoisotopic (exact) mass is 305 g/mol. The third-order valence-electron chi connectivity index (χ3n) is 3.61. The van der Waals surface area contributed by atoms with E-state index in [-0.39, 0.29) is 0 Å². The highest BCUT2D eigenvalue weighted by Crippen LogP contribution is 2.31. The van der Waals surface area contributed by atoms with Crippen LogP contribution in [-0.2, 0) is 6.42 Å². The summed E-state index contributed by atoms with van der Waals surface area (Å²) in [5.74, 6) is 1.83. The molecule has 114 valence electrons. The number of piperazine rings is 1. The fourth-order valence-corrected chi connectivity index (χ4v) is 3.49. The van der Waals surface area contributed by atoms with E-state index >= 15 is 0 Å². The molecule has 0 saturated carbocycles. The zero-order chi connectivity index (χ0) is 14.8. The third-order valence-corrected chi connectivity index (χ3v) is 4.78. The summed E-state index contributed by atoms with van der Waals surface area (Å²) in [6, 6.07) is 2.59. The van der Waals surface area contributed by atoms with Crippen LogP contribution in [0.4, 0.5) is 11.8 Å². The third kappa shape index (κ3) is 3.11.